The van der Waals surface area contributed by atoms with Crippen LogP contribution in [-0.4, -0.2) is 68.1 Å². The van der Waals surface area contributed by atoms with Gasteiger partial charge in [0, 0.05) is 32.2 Å². The van der Waals surface area contributed by atoms with Crippen molar-refractivity contribution in [2.45, 2.75) is 38.8 Å². The Bertz CT molecular complexity index is 1060. The van der Waals surface area contributed by atoms with Crippen LogP contribution in [0, 0.1) is 6.92 Å². The van der Waals surface area contributed by atoms with Crippen LogP contribution in [0.1, 0.15) is 59.0 Å². The Morgan fingerprint density at radius 3 is 2.26 bits per heavy atom. The second-order valence-corrected chi connectivity index (χ2v) is 9.07. The minimum Gasteiger partial charge on any atom is -0.493 e. The highest BCUT2D eigenvalue weighted by atomic mass is 16.5. The van der Waals surface area contributed by atoms with E-state index in [0.29, 0.717) is 41.5 Å². The van der Waals surface area contributed by atoms with Gasteiger partial charge in [-0.15, -0.1) is 0 Å². The second kappa shape index (κ2) is 10.1. The third kappa shape index (κ3) is 4.25. The summed E-state index contributed by atoms with van der Waals surface area (Å²) in [6, 6.07) is 11.2. The number of piperazine rings is 1. The molecule has 181 valence electrons. The normalized spacial score (nSPS) is 17.4. The Morgan fingerprint density at radius 1 is 0.941 bits per heavy atom. The number of imide groups is 1. The molecule has 0 aromatic heterocycles. The molecule has 2 aromatic carbocycles. The highest BCUT2D eigenvalue weighted by molar-refractivity contribution is 6.24. The van der Waals surface area contributed by atoms with Gasteiger partial charge in [0.15, 0.2) is 11.5 Å². The van der Waals surface area contributed by atoms with E-state index in [0.717, 1.165) is 37.4 Å². The molecule has 1 unspecified atom stereocenters. The van der Waals surface area contributed by atoms with Crippen LogP contribution in [0.3, 0.4) is 0 Å². The van der Waals surface area contributed by atoms with Crippen LogP contribution < -0.4 is 14.4 Å². The first-order valence-electron chi connectivity index (χ1n) is 11.9. The standard InChI is InChI=1S/C27H34N3O4/c1-6-8-21(19-11-12-23(33-4)24(17-19)34-5)30-26(31)20-9-7-10-22(25(20)27(30)32)29-15-13-28(14-16-29)18(2)3/h7,9-12,17-18,21H,1,6,8,13-16H2,2-5H3. The van der Waals surface area contributed by atoms with Crippen molar-refractivity contribution in [3.63, 3.8) is 0 Å². The van der Waals surface area contributed by atoms with Crippen molar-refractivity contribution in [2.75, 3.05) is 45.3 Å². The van der Waals surface area contributed by atoms with E-state index in [-0.39, 0.29) is 11.8 Å². The molecule has 0 N–H and O–H groups in total. The molecule has 0 bridgehead atoms. The third-order valence-electron chi connectivity index (χ3n) is 6.89. The van der Waals surface area contributed by atoms with E-state index < -0.39 is 6.04 Å². The quantitative estimate of drug-likeness (QED) is 0.546. The number of hydrogen-bond donors (Lipinski definition) is 0. The number of benzene rings is 2. The van der Waals surface area contributed by atoms with Gasteiger partial charge in [-0.2, -0.15) is 0 Å². The number of nitrogens with zero attached hydrogens (tertiary/aromatic N) is 3. The molecule has 7 nitrogen and oxygen atoms in total. The molecule has 4 rings (SSSR count). The Kier molecular flexibility index (Phi) is 7.12. The van der Waals surface area contributed by atoms with Crippen molar-refractivity contribution in [3.05, 3.63) is 60.0 Å². The predicted molar refractivity (Wildman–Crippen MR) is 133 cm³/mol. The van der Waals surface area contributed by atoms with E-state index in [4.69, 9.17) is 9.47 Å². The fourth-order valence-corrected chi connectivity index (χ4v) is 5.01. The molecule has 2 aliphatic rings. The van der Waals surface area contributed by atoms with Gasteiger partial charge in [-0.25, -0.2) is 0 Å². The minimum absolute atomic E-state index is 0.241. The summed E-state index contributed by atoms with van der Waals surface area (Å²) in [5.41, 5.74) is 2.66. The molecule has 1 saturated heterocycles. The number of methoxy groups -OCH3 is 2. The molecule has 2 aromatic rings. The number of carbonyl (C=O) groups is 2. The lowest BCUT2D eigenvalue weighted by Crippen LogP contribution is -2.49. The summed E-state index contributed by atoms with van der Waals surface area (Å²) in [7, 11) is 3.16. The van der Waals surface area contributed by atoms with Crippen molar-refractivity contribution in [1.29, 1.82) is 0 Å². The van der Waals surface area contributed by atoms with Crippen molar-refractivity contribution >= 4 is 17.5 Å². The van der Waals surface area contributed by atoms with Gasteiger partial charge in [0.1, 0.15) is 0 Å². The van der Waals surface area contributed by atoms with E-state index in [2.05, 4.69) is 30.6 Å². The van der Waals surface area contributed by atoms with Crippen LogP contribution in [0.2, 0.25) is 0 Å². The first-order valence-corrected chi connectivity index (χ1v) is 11.9. The van der Waals surface area contributed by atoms with E-state index in [9.17, 15) is 9.59 Å². The average Bonchev–Trinajstić information content (AvgIpc) is 3.12. The summed E-state index contributed by atoms with van der Waals surface area (Å²) in [6.07, 6.45) is 1.14. The number of hydrogen-bond acceptors (Lipinski definition) is 6. The Morgan fingerprint density at radius 2 is 1.65 bits per heavy atom. The fraction of sp³-hybridized carbons (Fsp3) is 0.444. The van der Waals surface area contributed by atoms with Gasteiger partial charge < -0.3 is 14.4 Å². The zero-order chi connectivity index (χ0) is 24.4. The summed E-state index contributed by atoms with van der Waals surface area (Å²) < 4.78 is 10.8. The van der Waals surface area contributed by atoms with Gasteiger partial charge in [-0.1, -0.05) is 25.5 Å². The molecular formula is C27H34N3O4. The van der Waals surface area contributed by atoms with Gasteiger partial charge >= 0.3 is 0 Å². The maximum atomic E-state index is 13.8. The number of amides is 2. The van der Waals surface area contributed by atoms with E-state index in [1.54, 1.807) is 20.3 Å². The molecule has 0 aliphatic carbocycles. The lowest BCUT2D eigenvalue weighted by Gasteiger charge is -2.38. The maximum Gasteiger partial charge on any atom is 0.264 e. The average molecular weight is 465 g/mol. The summed E-state index contributed by atoms with van der Waals surface area (Å²) >= 11 is 0. The van der Waals surface area contributed by atoms with E-state index in [1.807, 2.05) is 30.3 Å². The number of ether oxygens (including phenoxy) is 2. The van der Waals surface area contributed by atoms with Gasteiger partial charge in [0.05, 0.1) is 37.1 Å². The number of rotatable bonds is 8. The highest BCUT2D eigenvalue weighted by Crippen LogP contribution is 2.40. The molecule has 34 heavy (non-hydrogen) atoms. The Labute approximate surface area is 202 Å². The third-order valence-corrected chi connectivity index (χ3v) is 6.89. The van der Waals surface area contributed by atoms with Crippen LogP contribution >= 0.6 is 0 Å². The SMILES string of the molecule is [CH2]CCC(c1ccc(OC)c(OC)c1)N1C(=O)c2cccc(N3CCN(C(C)C)CC3)c2C1=O. The van der Waals surface area contributed by atoms with Crippen molar-refractivity contribution in [2.24, 2.45) is 0 Å². The summed E-state index contributed by atoms with van der Waals surface area (Å²) in [6.45, 7) is 11.9. The molecule has 2 aliphatic heterocycles. The first-order chi connectivity index (χ1) is 16.4. The van der Waals surface area contributed by atoms with Gasteiger partial charge in [0.25, 0.3) is 11.8 Å². The van der Waals surface area contributed by atoms with Gasteiger partial charge in [-0.05, 0) is 50.1 Å². The van der Waals surface area contributed by atoms with E-state index >= 15 is 0 Å². The van der Waals surface area contributed by atoms with Crippen LogP contribution in [0.15, 0.2) is 36.4 Å². The molecule has 0 saturated carbocycles. The summed E-state index contributed by atoms with van der Waals surface area (Å²) in [5, 5.41) is 0. The molecule has 1 radical (unpaired) electrons. The molecule has 2 heterocycles. The number of anilines is 1. The molecule has 1 atom stereocenters. The Hall–Kier alpha value is -3.06. The van der Waals surface area contributed by atoms with Crippen molar-refractivity contribution in [1.82, 2.24) is 9.80 Å². The van der Waals surface area contributed by atoms with Crippen molar-refractivity contribution < 1.29 is 19.1 Å². The fourth-order valence-electron chi connectivity index (χ4n) is 5.01. The first kappa shape index (κ1) is 24.1. The van der Waals surface area contributed by atoms with Crippen LogP contribution in [0.5, 0.6) is 11.5 Å². The molecule has 0 spiro atoms. The van der Waals surface area contributed by atoms with Crippen LogP contribution in [-0.2, 0) is 0 Å². The summed E-state index contributed by atoms with van der Waals surface area (Å²) in [4.78, 5) is 33.4. The van der Waals surface area contributed by atoms with Crippen molar-refractivity contribution in [3.8, 4) is 11.5 Å². The van der Waals surface area contributed by atoms with E-state index in [1.165, 1.54) is 4.90 Å². The minimum atomic E-state index is -0.435. The lowest BCUT2D eigenvalue weighted by molar-refractivity contribution is 0.0574. The van der Waals surface area contributed by atoms with Gasteiger partial charge in [0.2, 0.25) is 0 Å². The maximum absolute atomic E-state index is 13.8. The molecule has 7 heteroatoms. The predicted octanol–water partition coefficient (Wildman–Crippen LogP) is 4.19. The topological polar surface area (TPSA) is 62.3 Å². The van der Waals surface area contributed by atoms with Crippen LogP contribution in [0.25, 0.3) is 0 Å². The summed E-state index contributed by atoms with van der Waals surface area (Å²) in [5.74, 6) is 0.671. The zero-order valence-electron chi connectivity index (χ0n) is 20.5. The number of fused-ring (bicyclic) bond motifs is 1. The zero-order valence-corrected chi connectivity index (χ0v) is 20.5. The smallest absolute Gasteiger partial charge is 0.264 e. The Balaban J connectivity index is 1.68. The molecule has 2 amide bonds. The van der Waals surface area contributed by atoms with Crippen LogP contribution in [0.4, 0.5) is 5.69 Å². The monoisotopic (exact) mass is 464 g/mol. The number of carbonyl (C=O) groups excluding carboxylic acids is 2. The highest BCUT2D eigenvalue weighted by Gasteiger charge is 2.42. The molecular weight excluding hydrogens is 430 g/mol. The second-order valence-electron chi connectivity index (χ2n) is 9.07. The largest absolute Gasteiger partial charge is 0.493 e. The molecule has 1 fully saturated rings. The van der Waals surface area contributed by atoms with Gasteiger partial charge in [-0.3, -0.25) is 19.4 Å². The lowest BCUT2D eigenvalue weighted by atomic mass is 10.00.